The molecule has 5 heteroatoms. The summed E-state index contributed by atoms with van der Waals surface area (Å²) in [5.41, 5.74) is 11.3. The summed E-state index contributed by atoms with van der Waals surface area (Å²) < 4.78 is 0. The molecule has 3 N–H and O–H groups in total. The molecule has 0 saturated carbocycles. The molecule has 0 radical (unpaired) electrons. The van der Waals surface area contributed by atoms with E-state index in [1.165, 1.54) is 21.6 Å². The van der Waals surface area contributed by atoms with Gasteiger partial charge in [0, 0.05) is 21.8 Å². The van der Waals surface area contributed by atoms with Crippen LogP contribution >= 0.6 is 11.3 Å². The minimum Gasteiger partial charge on any atom is -0.399 e. The van der Waals surface area contributed by atoms with E-state index in [4.69, 9.17) is 5.73 Å². The molecule has 0 spiro atoms. The molecule has 136 valence electrons. The molecule has 4 rings (SSSR count). The smallest absolute Gasteiger partial charge is 0.143 e. The van der Waals surface area contributed by atoms with Crippen LogP contribution in [-0.4, -0.2) is 9.97 Å². The fourth-order valence-electron chi connectivity index (χ4n) is 3.24. The highest BCUT2D eigenvalue weighted by atomic mass is 32.1. The topological polar surface area (TPSA) is 63.8 Å². The number of fused-ring (bicyclic) bond motifs is 1. The predicted octanol–water partition coefficient (Wildman–Crippen LogP) is 5.81. The number of rotatable bonds is 5. The zero-order chi connectivity index (χ0) is 18.8. The molecular formula is C22H22N4S. The molecule has 0 aliphatic heterocycles. The molecule has 0 saturated heterocycles. The second-order valence-electron chi connectivity index (χ2n) is 6.45. The zero-order valence-electron chi connectivity index (χ0n) is 15.5. The number of benzene rings is 2. The molecule has 0 atom stereocenters. The van der Waals surface area contributed by atoms with Crippen molar-refractivity contribution in [1.82, 2.24) is 9.97 Å². The van der Waals surface area contributed by atoms with Crippen molar-refractivity contribution < 1.29 is 0 Å². The summed E-state index contributed by atoms with van der Waals surface area (Å²) in [4.78, 5) is 11.4. The first-order valence-electron chi connectivity index (χ1n) is 9.17. The van der Waals surface area contributed by atoms with Gasteiger partial charge in [0.1, 0.15) is 17.0 Å². The number of nitrogens with two attached hydrogens (primary N) is 1. The highest BCUT2D eigenvalue weighted by Gasteiger charge is 2.18. The number of thiophene rings is 1. The van der Waals surface area contributed by atoms with Gasteiger partial charge in [-0.2, -0.15) is 0 Å². The van der Waals surface area contributed by atoms with Crippen molar-refractivity contribution in [3.8, 4) is 11.1 Å². The van der Waals surface area contributed by atoms with Crippen LogP contribution in [0.5, 0.6) is 0 Å². The van der Waals surface area contributed by atoms with Crippen LogP contribution in [0, 0.1) is 0 Å². The maximum Gasteiger partial charge on any atom is 0.143 e. The van der Waals surface area contributed by atoms with Gasteiger partial charge in [0.15, 0.2) is 0 Å². The molecule has 0 aliphatic carbocycles. The first kappa shape index (κ1) is 17.5. The molecule has 27 heavy (non-hydrogen) atoms. The van der Waals surface area contributed by atoms with Gasteiger partial charge in [0.25, 0.3) is 0 Å². The minimum atomic E-state index is 0.744. The van der Waals surface area contributed by atoms with Gasteiger partial charge in [-0.05, 0) is 48.2 Å². The molecule has 0 amide bonds. The third-order valence-corrected chi connectivity index (χ3v) is 5.95. The predicted molar refractivity (Wildman–Crippen MR) is 116 cm³/mol. The molecule has 0 fully saturated rings. The molecule has 2 heterocycles. The lowest BCUT2D eigenvalue weighted by Crippen LogP contribution is -1.96. The fraction of sp³-hybridized carbons (Fsp3) is 0.182. The third kappa shape index (κ3) is 3.38. The van der Waals surface area contributed by atoms with E-state index in [-0.39, 0.29) is 0 Å². The van der Waals surface area contributed by atoms with Crippen molar-refractivity contribution in [2.45, 2.75) is 26.7 Å². The van der Waals surface area contributed by atoms with Crippen LogP contribution in [0.1, 0.15) is 24.3 Å². The number of aromatic nitrogens is 2. The van der Waals surface area contributed by atoms with Gasteiger partial charge in [-0.3, -0.25) is 0 Å². The Bertz CT molecular complexity index is 1070. The van der Waals surface area contributed by atoms with Crippen LogP contribution in [0.15, 0.2) is 54.9 Å². The Morgan fingerprint density at radius 2 is 1.67 bits per heavy atom. The Hall–Kier alpha value is -2.92. The van der Waals surface area contributed by atoms with E-state index in [0.717, 1.165) is 40.3 Å². The SMILES string of the molecule is CCc1ccc(-c2c(CC)sc3ncnc(Nc4ccc(N)cc4)c23)cc1. The molecule has 4 nitrogen and oxygen atoms in total. The number of nitrogens with one attached hydrogen (secondary N) is 1. The van der Waals surface area contributed by atoms with Gasteiger partial charge in [-0.15, -0.1) is 11.3 Å². The van der Waals surface area contributed by atoms with Gasteiger partial charge in [-0.1, -0.05) is 38.1 Å². The average molecular weight is 375 g/mol. The van der Waals surface area contributed by atoms with Crippen LogP contribution in [-0.2, 0) is 12.8 Å². The molecule has 0 aliphatic rings. The van der Waals surface area contributed by atoms with E-state index in [0.29, 0.717) is 0 Å². The highest BCUT2D eigenvalue weighted by molar-refractivity contribution is 7.19. The first-order valence-corrected chi connectivity index (χ1v) is 9.99. The van der Waals surface area contributed by atoms with E-state index in [9.17, 15) is 0 Å². The van der Waals surface area contributed by atoms with Crippen molar-refractivity contribution in [2.75, 3.05) is 11.1 Å². The summed E-state index contributed by atoms with van der Waals surface area (Å²) in [7, 11) is 0. The molecular weight excluding hydrogens is 352 g/mol. The monoisotopic (exact) mass is 374 g/mol. The number of aryl methyl sites for hydroxylation is 2. The van der Waals surface area contributed by atoms with Crippen LogP contribution in [0.3, 0.4) is 0 Å². The number of nitrogen functional groups attached to an aromatic ring is 1. The number of nitrogens with zero attached hydrogens (tertiary/aromatic N) is 2. The molecule has 4 aromatic rings. The molecule has 0 bridgehead atoms. The van der Waals surface area contributed by atoms with E-state index < -0.39 is 0 Å². The van der Waals surface area contributed by atoms with Crippen molar-refractivity contribution in [2.24, 2.45) is 0 Å². The Balaban J connectivity index is 1.87. The lowest BCUT2D eigenvalue weighted by molar-refractivity contribution is 1.14. The van der Waals surface area contributed by atoms with Crippen molar-refractivity contribution >= 4 is 38.7 Å². The first-order chi connectivity index (χ1) is 13.2. The van der Waals surface area contributed by atoms with E-state index in [1.807, 2.05) is 24.3 Å². The van der Waals surface area contributed by atoms with Crippen LogP contribution < -0.4 is 11.1 Å². The van der Waals surface area contributed by atoms with Gasteiger partial charge in [0.05, 0.1) is 5.39 Å². The van der Waals surface area contributed by atoms with E-state index in [1.54, 1.807) is 17.7 Å². The fourth-order valence-corrected chi connectivity index (χ4v) is 4.34. The maximum atomic E-state index is 5.80. The van der Waals surface area contributed by atoms with Crippen LogP contribution in [0.2, 0.25) is 0 Å². The summed E-state index contributed by atoms with van der Waals surface area (Å²) >= 11 is 1.74. The minimum absolute atomic E-state index is 0.744. The second-order valence-corrected chi connectivity index (χ2v) is 7.54. The summed E-state index contributed by atoms with van der Waals surface area (Å²) in [5.74, 6) is 0.829. The van der Waals surface area contributed by atoms with Crippen molar-refractivity contribution in [1.29, 1.82) is 0 Å². The lowest BCUT2D eigenvalue weighted by atomic mass is 10.00. The van der Waals surface area contributed by atoms with Crippen LogP contribution in [0.25, 0.3) is 21.3 Å². The van der Waals surface area contributed by atoms with Gasteiger partial charge in [-0.25, -0.2) is 9.97 Å². The standard InChI is InChI=1S/C22H22N4S/c1-3-14-5-7-15(8-6-14)19-18(4-2)27-22-20(19)21(24-13-25-22)26-17-11-9-16(23)10-12-17/h5-13H,3-4,23H2,1-2H3,(H,24,25,26). The number of anilines is 3. The lowest BCUT2D eigenvalue weighted by Gasteiger charge is -2.10. The van der Waals surface area contributed by atoms with E-state index in [2.05, 4.69) is 53.4 Å². The second kappa shape index (κ2) is 7.37. The van der Waals surface area contributed by atoms with Crippen LogP contribution in [0.4, 0.5) is 17.2 Å². The normalized spacial score (nSPS) is 11.0. The summed E-state index contributed by atoms with van der Waals surface area (Å²) in [6.07, 6.45) is 3.63. The quantitative estimate of drug-likeness (QED) is 0.433. The average Bonchev–Trinajstić information content (AvgIpc) is 3.09. The third-order valence-electron chi connectivity index (χ3n) is 4.71. The molecule has 2 aromatic carbocycles. The maximum absolute atomic E-state index is 5.80. The molecule has 2 aromatic heterocycles. The Morgan fingerprint density at radius 3 is 2.33 bits per heavy atom. The van der Waals surface area contributed by atoms with E-state index >= 15 is 0 Å². The highest BCUT2D eigenvalue weighted by Crippen LogP contribution is 2.41. The largest absolute Gasteiger partial charge is 0.399 e. The van der Waals surface area contributed by atoms with Crippen molar-refractivity contribution in [3.63, 3.8) is 0 Å². The summed E-state index contributed by atoms with van der Waals surface area (Å²) in [6, 6.07) is 16.5. The van der Waals surface area contributed by atoms with Crippen molar-refractivity contribution in [3.05, 3.63) is 65.3 Å². The van der Waals surface area contributed by atoms with Gasteiger partial charge < -0.3 is 11.1 Å². The Labute approximate surface area is 163 Å². The molecule has 0 unspecified atom stereocenters. The Kier molecular flexibility index (Phi) is 4.77. The zero-order valence-corrected chi connectivity index (χ0v) is 16.3. The Morgan fingerprint density at radius 1 is 0.926 bits per heavy atom. The number of hydrogen-bond acceptors (Lipinski definition) is 5. The van der Waals surface area contributed by atoms with Gasteiger partial charge >= 0.3 is 0 Å². The summed E-state index contributed by atoms with van der Waals surface area (Å²) in [5, 5.41) is 4.53. The van der Waals surface area contributed by atoms with Gasteiger partial charge in [0.2, 0.25) is 0 Å². The number of hydrogen-bond donors (Lipinski definition) is 2. The summed E-state index contributed by atoms with van der Waals surface area (Å²) in [6.45, 7) is 4.37.